The Hall–Kier alpha value is -2.44. The third-order valence-corrected chi connectivity index (χ3v) is 2.65. The lowest BCUT2D eigenvalue weighted by atomic mass is 10.1. The Morgan fingerprint density at radius 1 is 1.19 bits per heavy atom. The summed E-state index contributed by atoms with van der Waals surface area (Å²) >= 11 is 0. The standard InChI is InChI=1S/C14H17FN2O4/c1-16-12(18)8-17-13(19)9-21-14(20)7-6-10-4-2-3-5-11(10)15/h2-5H,6-9H2,1H3,(H,16,18)(H,17,19). The number of amides is 2. The number of carbonyl (C=O) groups is 3. The number of esters is 1. The minimum absolute atomic E-state index is 0.0241. The van der Waals surface area contributed by atoms with E-state index in [0.29, 0.717) is 5.56 Å². The first-order valence-corrected chi connectivity index (χ1v) is 6.39. The monoisotopic (exact) mass is 296 g/mol. The van der Waals surface area contributed by atoms with Gasteiger partial charge in [-0.2, -0.15) is 0 Å². The van der Waals surface area contributed by atoms with Crippen molar-refractivity contribution in [3.63, 3.8) is 0 Å². The van der Waals surface area contributed by atoms with E-state index < -0.39 is 18.5 Å². The van der Waals surface area contributed by atoms with Gasteiger partial charge < -0.3 is 15.4 Å². The van der Waals surface area contributed by atoms with Crippen LogP contribution in [0.25, 0.3) is 0 Å². The number of carbonyl (C=O) groups excluding carboxylic acids is 3. The molecule has 0 fully saturated rings. The van der Waals surface area contributed by atoms with E-state index >= 15 is 0 Å². The Morgan fingerprint density at radius 3 is 2.57 bits per heavy atom. The molecule has 6 nitrogen and oxygen atoms in total. The third kappa shape index (κ3) is 6.51. The smallest absolute Gasteiger partial charge is 0.306 e. The average molecular weight is 296 g/mol. The Labute approximate surface area is 121 Å². The molecule has 0 aliphatic heterocycles. The molecule has 0 spiro atoms. The highest BCUT2D eigenvalue weighted by atomic mass is 19.1. The number of hydrogen-bond acceptors (Lipinski definition) is 4. The summed E-state index contributed by atoms with van der Waals surface area (Å²) in [6, 6.07) is 6.13. The molecule has 0 aliphatic carbocycles. The normalized spacial score (nSPS) is 9.81. The number of nitrogens with one attached hydrogen (secondary N) is 2. The van der Waals surface area contributed by atoms with Crippen molar-refractivity contribution >= 4 is 17.8 Å². The molecule has 2 N–H and O–H groups in total. The van der Waals surface area contributed by atoms with Crippen molar-refractivity contribution in [1.82, 2.24) is 10.6 Å². The van der Waals surface area contributed by atoms with Gasteiger partial charge >= 0.3 is 5.97 Å². The SMILES string of the molecule is CNC(=O)CNC(=O)COC(=O)CCc1ccccc1F. The number of halogens is 1. The summed E-state index contributed by atoms with van der Waals surface area (Å²) in [5.41, 5.74) is 0.415. The molecular formula is C14H17FN2O4. The van der Waals surface area contributed by atoms with Gasteiger partial charge in [-0.25, -0.2) is 4.39 Å². The fourth-order valence-corrected chi connectivity index (χ4v) is 1.47. The van der Waals surface area contributed by atoms with Crippen LogP contribution >= 0.6 is 0 Å². The molecule has 1 aromatic carbocycles. The number of likely N-dealkylation sites (N-methyl/N-ethyl adjacent to an activating group) is 1. The zero-order chi connectivity index (χ0) is 15.7. The molecule has 0 unspecified atom stereocenters. The molecule has 1 aromatic rings. The minimum atomic E-state index is -0.603. The first kappa shape index (κ1) is 16.6. The molecule has 0 saturated heterocycles. The Morgan fingerprint density at radius 2 is 1.90 bits per heavy atom. The van der Waals surface area contributed by atoms with Crippen LogP contribution in [0, 0.1) is 5.82 Å². The summed E-state index contributed by atoms with van der Waals surface area (Å²) in [5.74, 6) is -1.91. The summed E-state index contributed by atoms with van der Waals surface area (Å²) in [6.45, 7) is -0.644. The molecule has 0 aromatic heterocycles. The van der Waals surface area contributed by atoms with Crippen molar-refractivity contribution < 1.29 is 23.5 Å². The first-order chi connectivity index (χ1) is 10.0. The molecule has 0 saturated carbocycles. The van der Waals surface area contributed by atoms with Crippen LogP contribution in [0.4, 0.5) is 4.39 Å². The quantitative estimate of drug-likeness (QED) is 0.702. The van der Waals surface area contributed by atoms with Crippen LogP contribution in [0.2, 0.25) is 0 Å². The summed E-state index contributed by atoms with van der Waals surface area (Å²) in [5, 5.41) is 4.62. The fourth-order valence-electron chi connectivity index (χ4n) is 1.47. The largest absolute Gasteiger partial charge is 0.456 e. The fraction of sp³-hybridized carbons (Fsp3) is 0.357. The second-order valence-electron chi connectivity index (χ2n) is 4.20. The summed E-state index contributed by atoms with van der Waals surface area (Å²) in [7, 11) is 1.44. The van der Waals surface area contributed by atoms with Gasteiger partial charge in [-0.3, -0.25) is 14.4 Å². The molecule has 2 amide bonds. The van der Waals surface area contributed by atoms with Gasteiger partial charge in [0.25, 0.3) is 5.91 Å². The predicted molar refractivity (Wildman–Crippen MR) is 72.8 cm³/mol. The number of hydrogen-bond donors (Lipinski definition) is 2. The summed E-state index contributed by atoms with van der Waals surface area (Å²) in [6.07, 6.45) is 0.176. The molecular weight excluding hydrogens is 279 g/mol. The van der Waals surface area contributed by atoms with Crippen LogP contribution in [-0.2, 0) is 25.5 Å². The second kappa shape index (κ2) is 8.68. The molecule has 7 heteroatoms. The van der Waals surface area contributed by atoms with E-state index in [9.17, 15) is 18.8 Å². The van der Waals surface area contributed by atoms with Crippen LogP contribution in [0.15, 0.2) is 24.3 Å². The van der Waals surface area contributed by atoms with E-state index in [1.807, 2.05) is 0 Å². The highest BCUT2D eigenvalue weighted by Gasteiger charge is 2.10. The summed E-state index contributed by atoms with van der Waals surface area (Å²) < 4.78 is 18.0. The highest BCUT2D eigenvalue weighted by molar-refractivity contribution is 5.86. The number of ether oxygens (including phenoxy) is 1. The van der Waals surface area contributed by atoms with E-state index in [-0.39, 0.29) is 31.1 Å². The van der Waals surface area contributed by atoms with Crippen molar-refractivity contribution in [2.75, 3.05) is 20.2 Å². The lowest BCUT2D eigenvalue weighted by molar-refractivity contribution is -0.148. The van der Waals surface area contributed by atoms with Gasteiger partial charge in [0.1, 0.15) is 5.82 Å². The zero-order valence-corrected chi connectivity index (χ0v) is 11.6. The number of rotatable bonds is 7. The first-order valence-electron chi connectivity index (χ1n) is 6.39. The maximum Gasteiger partial charge on any atom is 0.306 e. The summed E-state index contributed by atoms with van der Waals surface area (Å²) in [4.78, 5) is 33.6. The van der Waals surface area contributed by atoms with Crippen LogP contribution in [0.1, 0.15) is 12.0 Å². The molecule has 114 valence electrons. The van der Waals surface area contributed by atoms with Crippen LogP contribution in [-0.4, -0.2) is 38.0 Å². The number of benzene rings is 1. The predicted octanol–water partition coefficient (Wildman–Crippen LogP) is 0.164. The van der Waals surface area contributed by atoms with Gasteiger partial charge in [-0.05, 0) is 18.1 Å². The topological polar surface area (TPSA) is 84.5 Å². The van der Waals surface area contributed by atoms with E-state index in [0.717, 1.165) is 0 Å². The lowest BCUT2D eigenvalue weighted by Crippen LogP contribution is -2.37. The van der Waals surface area contributed by atoms with Crippen molar-refractivity contribution in [3.8, 4) is 0 Å². The van der Waals surface area contributed by atoms with Crippen molar-refractivity contribution in [3.05, 3.63) is 35.6 Å². The molecule has 1 rings (SSSR count). The van der Waals surface area contributed by atoms with Gasteiger partial charge in [0.15, 0.2) is 6.61 Å². The molecule has 21 heavy (non-hydrogen) atoms. The van der Waals surface area contributed by atoms with E-state index in [1.165, 1.54) is 13.1 Å². The van der Waals surface area contributed by atoms with Gasteiger partial charge in [0.2, 0.25) is 5.91 Å². The zero-order valence-electron chi connectivity index (χ0n) is 11.6. The maximum absolute atomic E-state index is 13.3. The van der Waals surface area contributed by atoms with E-state index in [1.54, 1.807) is 18.2 Å². The van der Waals surface area contributed by atoms with E-state index in [4.69, 9.17) is 4.74 Å². The second-order valence-corrected chi connectivity index (χ2v) is 4.20. The Balaban J connectivity index is 2.24. The third-order valence-electron chi connectivity index (χ3n) is 2.65. The van der Waals surface area contributed by atoms with Gasteiger partial charge in [-0.1, -0.05) is 18.2 Å². The lowest BCUT2D eigenvalue weighted by Gasteiger charge is -2.06. The molecule has 0 heterocycles. The highest BCUT2D eigenvalue weighted by Crippen LogP contribution is 2.09. The van der Waals surface area contributed by atoms with Crippen molar-refractivity contribution in [2.24, 2.45) is 0 Å². The van der Waals surface area contributed by atoms with Crippen LogP contribution < -0.4 is 10.6 Å². The average Bonchev–Trinajstić information content (AvgIpc) is 2.49. The Bertz CT molecular complexity index is 519. The number of aryl methyl sites for hydroxylation is 1. The molecule has 0 atom stereocenters. The molecule has 0 aliphatic rings. The van der Waals surface area contributed by atoms with Crippen molar-refractivity contribution in [2.45, 2.75) is 12.8 Å². The van der Waals surface area contributed by atoms with Crippen molar-refractivity contribution in [1.29, 1.82) is 0 Å². The molecule has 0 bridgehead atoms. The Kier molecular flexibility index (Phi) is 6.86. The van der Waals surface area contributed by atoms with Crippen LogP contribution in [0.5, 0.6) is 0 Å². The minimum Gasteiger partial charge on any atom is -0.456 e. The molecule has 0 radical (unpaired) electrons. The van der Waals surface area contributed by atoms with Gasteiger partial charge in [0.05, 0.1) is 6.54 Å². The van der Waals surface area contributed by atoms with Gasteiger partial charge in [0, 0.05) is 13.5 Å². The van der Waals surface area contributed by atoms with Crippen LogP contribution in [0.3, 0.4) is 0 Å². The van der Waals surface area contributed by atoms with Gasteiger partial charge in [-0.15, -0.1) is 0 Å². The maximum atomic E-state index is 13.3. The van der Waals surface area contributed by atoms with E-state index in [2.05, 4.69) is 10.6 Å².